The molecule has 1 atom stereocenters. The van der Waals surface area contributed by atoms with Crippen LogP contribution < -0.4 is 5.32 Å². The number of amides is 1. The number of carbonyl (C=O) groups is 2. The minimum absolute atomic E-state index is 0.185. The highest BCUT2D eigenvalue weighted by atomic mass is 32.2. The molecule has 0 bridgehead atoms. The fourth-order valence-corrected chi connectivity index (χ4v) is 4.38. The fourth-order valence-electron chi connectivity index (χ4n) is 3.63. The van der Waals surface area contributed by atoms with Crippen molar-refractivity contribution in [3.63, 3.8) is 0 Å². The zero-order valence-electron chi connectivity index (χ0n) is 16.3. The summed E-state index contributed by atoms with van der Waals surface area (Å²) in [5, 5.41) is 4.86. The molecule has 29 heavy (non-hydrogen) atoms. The van der Waals surface area contributed by atoms with Crippen LogP contribution in [0.25, 0.3) is 10.8 Å². The van der Waals surface area contributed by atoms with Gasteiger partial charge in [0.05, 0.1) is 5.75 Å². The van der Waals surface area contributed by atoms with E-state index in [9.17, 15) is 9.59 Å². The molecule has 0 radical (unpaired) electrons. The molecule has 3 aromatic carbocycles. The summed E-state index contributed by atoms with van der Waals surface area (Å²) in [7, 11) is 0. The molecule has 0 aromatic heterocycles. The van der Waals surface area contributed by atoms with Gasteiger partial charge in [-0.3, -0.25) is 9.59 Å². The third-order valence-electron chi connectivity index (χ3n) is 5.15. The minimum atomic E-state index is -0.859. The number of ether oxygens (including phenoxy) is 1. The second kappa shape index (κ2) is 8.70. The molecule has 0 unspecified atom stereocenters. The molecule has 1 aliphatic carbocycles. The Morgan fingerprint density at radius 2 is 1.83 bits per heavy atom. The Morgan fingerprint density at radius 3 is 2.72 bits per heavy atom. The highest BCUT2D eigenvalue weighted by Crippen LogP contribution is 2.28. The van der Waals surface area contributed by atoms with E-state index < -0.39 is 12.1 Å². The highest BCUT2D eigenvalue weighted by Gasteiger charge is 2.19. The van der Waals surface area contributed by atoms with E-state index in [1.54, 1.807) is 6.92 Å². The normalized spacial score (nSPS) is 13.7. The molecule has 3 aromatic rings. The first-order valence-corrected chi connectivity index (χ1v) is 10.8. The molecule has 0 spiro atoms. The number of aryl methyl sites for hydroxylation is 2. The summed E-state index contributed by atoms with van der Waals surface area (Å²) in [6.07, 6.45) is 2.60. The van der Waals surface area contributed by atoms with E-state index in [4.69, 9.17) is 4.74 Å². The summed E-state index contributed by atoms with van der Waals surface area (Å²) >= 11 is 1.45. The van der Waals surface area contributed by atoms with Crippen LogP contribution in [0.4, 0.5) is 5.69 Å². The van der Waals surface area contributed by atoms with Crippen LogP contribution in [0.2, 0.25) is 0 Å². The maximum absolute atomic E-state index is 12.5. The van der Waals surface area contributed by atoms with Crippen LogP contribution in [0.15, 0.2) is 65.6 Å². The van der Waals surface area contributed by atoms with Crippen LogP contribution in [-0.4, -0.2) is 23.7 Å². The lowest BCUT2D eigenvalue weighted by atomic mass is 10.1. The predicted octanol–water partition coefficient (Wildman–Crippen LogP) is 4.99. The van der Waals surface area contributed by atoms with Gasteiger partial charge in [-0.15, -0.1) is 11.8 Å². The van der Waals surface area contributed by atoms with Crippen molar-refractivity contribution in [1.82, 2.24) is 0 Å². The lowest BCUT2D eigenvalue weighted by molar-refractivity contribution is -0.150. The van der Waals surface area contributed by atoms with Gasteiger partial charge in [0.1, 0.15) is 0 Å². The molecular weight excluding hydrogens is 382 g/mol. The molecule has 0 saturated carbocycles. The van der Waals surface area contributed by atoms with Crippen LogP contribution in [0.1, 0.15) is 24.5 Å². The van der Waals surface area contributed by atoms with E-state index in [0.29, 0.717) is 5.69 Å². The number of esters is 1. The molecule has 0 aliphatic heterocycles. The number of fused-ring (bicyclic) bond motifs is 2. The summed E-state index contributed by atoms with van der Waals surface area (Å²) in [5.41, 5.74) is 3.50. The molecule has 1 amide bonds. The fraction of sp³-hybridized carbons (Fsp3) is 0.250. The summed E-state index contributed by atoms with van der Waals surface area (Å²) in [6, 6.07) is 19.9. The van der Waals surface area contributed by atoms with Crippen LogP contribution >= 0.6 is 11.8 Å². The van der Waals surface area contributed by atoms with Crippen LogP contribution in [-0.2, 0) is 27.2 Å². The number of nitrogens with one attached hydrogen (secondary N) is 1. The number of hydrogen-bond donors (Lipinski definition) is 1. The van der Waals surface area contributed by atoms with E-state index in [-0.39, 0.29) is 11.7 Å². The van der Waals surface area contributed by atoms with Gasteiger partial charge in [0, 0.05) is 16.0 Å². The van der Waals surface area contributed by atoms with Gasteiger partial charge in [0.2, 0.25) is 0 Å². The Labute approximate surface area is 174 Å². The number of hydrogen-bond acceptors (Lipinski definition) is 4. The molecule has 0 heterocycles. The Hall–Kier alpha value is -2.79. The minimum Gasteiger partial charge on any atom is -0.452 e. The summed E-state index contributed by atoms with van der Waals surface area (Å²) in [4.78, 5) is 25.8. The molecule has 1 N–H and O–H groups in total. The summed E-state index contributed by atoms with van der Waals surface area (Å²) < 4.78 is 5.34. The topological polar surface area (TPSA) is 55.4 Å². The average molecular weight is 406 g/mol. The van der Waals surface area contributed by atoms with Crippen LogP contribution in [0.3, 0.4) is 0 Å². The standard InChI is InChI=1S/C24H23NO3S/c1-16(24(27)25-22-11-5-8-18-6-2-3-10-21(18)22)28-23(26)15-29-20-13-12-17-7-4-9-19(17)14-20/h2-3,5-6,8,10-14,16H,4,7,9,15H2,1H3,(H,25,27)/t16-/m0/s1. The van der Waals surface area contributed by atoms with E-state index in [2.05, 4.69) is 23.5 Å². The van der Waals surface area contributed by atoms with Gasteiger partial charge in [0.25, 0.3) is 5.91 Å². The zero-order chi connectivity index (χ0) is 20.2. The summed E-state index contributed by atoms with van der Waals surface area (Å²) in [5.74, 6) is -0.543. The lowest BCUT2D eigenvalue weighted by Gasteiger charge is -2.15. The van der Waals surface area contributed by atoms with E-state index in [0.717, 1.165) is 28.5 Å². The second-order valence-electron chi connectivity index (χ2n) is 7.22. The molecular formula is C24H23NO3S. The Kier molecular flexibility index (Phi) is 5.86. The number of anilines is 1. The Morgan fingerprint density at radius 1 is 1.03 bits per heavy atom. The van der Waals surface area contributed by atoms with Crippen molar-refractivity contribution in [2.24, 2.45) is 0 Å². The molecule has 5 heteroatoms. The van der Waals surface area contributed by atoms with Gasteiger partial charge in [-0.2, -0.15) is 0 Å². The monoisotopic (exact) mass is 405 g/mol. The lowest BCUT2D eigenvalue weighted by Crippen LogP contribution is -2.30. The van der Waals surface area contributed by atoms with Gasteiger partial charge in [-0.1, -0.05) is 42.5 Å². The largest absolute Gasteiger partial charge is 0.452 e. The molecule has 1 aliphatic rings. The third-order valence-corrected chi connectivity index (χ3v) is 6.12. The van der Waals surface area contributed by atoms with E-state index >= 15 is 0 Å². The molecule has 4 nitrogen and oxygen atoms in total. The van der Waals surface area contributed by atoms with Crippen molar-refractivity contribution in [2.75, 3.05) is 11.1 Å². The van der Waals surface area contributed by atoms with Crippen molar-refractivity contribution >= 4 is 40.1 Å². The number of thioether (sulfide) groups is 1. The van der Waals surface area contributed by atoms with Crippen LogP contribution in [0, 0.1) is 0 Å². The number of benzene rings is 3. The molecule has 4 rings (SSSR count). The van der Waals surface area contributed by atoms with Gasteiger partial charge in [-0.25, -0.2) is 0 Å². The second-order valence-corrected chi connectivity index (χ2v) is 8.27. The highest BCUT2D eigenvalue weighted by molar-refractivity contribution is 8.00. The van der Waals surface area contributed by atoms with Gasteiger partial charge in [-0.05, 0) is 60.9 Å². The zero-order valence-corrected chi connectivity index (χ0v) is 17.1. The Bertz CT molecular complexity index is 1060. The van der Waals surface area contributed by atoms with Crippen molar-refractivity contribution in [3.8, 4) is 0 Å². The predicted molar refractivity (Wildman–Crippen MR) is 117 cm³/mol. The number of rotatable bonds is 6. The van der Waals surface area contributed by atoms with E-state index in [1.807, 2.05) is 42.5 Å². The van der Waals surface area contributed by atoms with Crippen LogP contribution in [0.5, 0.6) is 0 Å². The van der Waals surface area contributed by atoms with Gasteiger partial charge < -0.3 is 10.1 Å². The van der Waals surface area contributed by atoms with Gasteiger partial charge >= 0.3 is 5.97 Å². The maximum atomic E-state index is 12.5. The maximum Gasteiger partial charge on any atom is 0.317 e. The summed E-state index contributed by atoms with van der Waals surface area (Å²) in [6.45, 7) is 1.60. The third kappa shape index (κ3) is 4.62. The molecule has 0 fully saturated rings. The van der Waals surface area contributed by atoms with Crippen molar-refractivity contribution < 1.29 is 14.3 Å². The first-order chi connectivity index (χ1) is 14.1. The van der Waals surface area contributed by atoms with E-state index in [1.165, 1.54) is 29.3 Å². The number of carbonyl (C=O) groups excluding carboxylic acids is 2. The van der Waals surface area contributed by atoms with Crippen molar-refractivity contribution in [2.45, 2.75) is 37.2 Å². The van der Waals surface area contributed by atoms with Gasteiger partial charge in [0.15, 0.2) is 6.10 Å². The first-order valence-electron chi connectivity index (χ1n) is 9.83. The molecule has 0 saturated heterocycles. The molecule has 148 valence electrons. The smallest absolute Gasteiger partial charge is 0.317 e. The SMILES string of the molecule is C[C@H](OC(=O)CSc1ccc2c(c1)CCC2)C(=O)Nc1cccc2ccccc12. The Balaban J connectivity index is 1.31. The average Bonchev–Trinajstić information content (AvgIpc) is 3.20. The van der Waals surface area contributed by atoms with Crippen molar-refractivity contribution in [1.29, 1.82) is 0 Å². The first kappa shape index (κ1) is 19.5. The van der Waals surface area contributed by atoms with Crippen molar-refractivity contribution in [3.05, 3.63) is 71.8 Å². The quantitative estimate of drug-likeness (QED) is 0.464.